The molecule has 7 nitrogen and oxygen atoms in total. The summed E-state index contributed by atoms with van der Waals surface area (Å²) in [6.45, 7) is 1.98. The number of aromatic nitrogens is 2. The van der Waals surface area contributed by atoms with E-state index in [1.54, 1.807) is 18.5 Å². The van der Waals surface area contributed by atoms with E-state index >= 15 is 0 Å². The van der Waals surface area contributed by atoms with E-state index in [2.05, 4.69) is 9.97 Å². The number of anilines is 1. The number of pyridine rings is 1. The minimum absolute atomic E-state index is 0.256. The van der Waals surface area contributed by atoms with Crippen molar-refractivity contribution in [2.45, 2.75) is 13.5 Å². The minimum Gasteiger partial charge on any atom is -0.282 e. The number of fused-ring (bicyclic) bond motifs is 1. The highest BCUT2D eigenvalue weighted by Gasteiger charge is 2.24. The molecule has 1 amide bonds. The average Bonchev–Trinajstić information content (AvgIpc) is 3.05. The fourth-order valence-corrected chi connectivity index (χ4v) is 3.92. The zero-order chi connectivity index (χ0) is 19.6. The largest absolute Gasteiger partial charge is 0.282 e. The molecule has 0 aliphatic heterocycles. The van der Waals surface area contributed by atoms with E-state index in [9.17, 15) is 13.2 Å². The van der Waals surface area contributed by atoms with E-state index in [0.29, 0.717) is 5.13 Å². The Hall–Kier alpha value is -2.36. The van der Waals surface area contributed by atoms with Gasteiger partial charge < -0.3 is 0 Å². The second-order valence-electron chi connectivity index (χ2n) is 6.28. The van der Waals surface area contributed by atoms with Crippen LogP contribution in [0.5, 0.6) is 0 Å². The predicted octanol–water partition coefficient (Wildman–Crippen LogP) is 2.42. The Morgan fingerprint density at radius 3 is 2.63 bits per heavy atom. The van der Waals surface area contributed by atoms with Crippen molar-refractivity contribution < 1.29 is 13.2 Å². The Labute approximate surface area is 162 Å². The van der Waals surface area contributed by atoms with Crippen LogP contribution in [0.3, 0.4) is 0 Å². The van der Waals surface area contributed by atoms with Crippen LogP contribution in [0.15, 0.2) is 42.7 Å². The van der Waals surface area contributed by atoms with E-state index in [1.165, 1.54) is 23.3 Å². The maximum absolute atomic E-state index is 12.9. The number of hydrogen-bond acceptors (Lipinski definition) is 6. The zero-order valence-electron chi connectivity index (χ0n) is 15.3. The Kier molecular flexibility index (Phi) is 5.54. The van der Waals surface area contributed by atoms with Gasteiger partial charge in [0.15, 0.2) is 5.13 Å². The first-order valence-corrected chi connectivity index (χ1v) is 10.9. The maximum atomic E-state index is 12.9. The van der Waals surface area contributed by atoms with Crippen LogP contribution in [0.2, 0.25) is 0 Å². The summed E-state index contributed by atoms with van der Waals surface area (Å²) in [5.74, 6) is -0.344. The molecule has 0 unspecified atom stereocenters. The van der Waals surface area contributed by atoms with Crippen LogP contribution in [0.25, 0.3) is 10.2 Å². The lowest BCUT2D eigenvalue weighted by Gasteiger charge is -2.22. The van der Waals surface area contributed by atoms with Crippen molar-refractivity contribution in [2.75, 3.05) is 24.7 Å². The lowest BCUT2D eigenvalue weighted by molar-refractivity contribution is -0.118. The van der Waals surface area contributed by atoms with E-state index in [1.807, 2.05) is 31.2 Å². The molecule has 27 heavy (non-hydrogen) atoms. The summed E-state index contributed by atoms with van der Waals surface area (Å²) in [5.41, 5.74) is 2.71. The molecule has 0 spiro atoms. The summed E-state index contributed by atoms with van der Waals surface area (Å²) >= 11 is 1.41. The van der Waals surface area contributed by atoms with Gasteiger partial charge in [0.2, 0.25) is 15.9 Å². The predicted molar refractivity (Wildman–Crippen MR) is 107 cm³/mol. The highest BCUT2D eigenvalue weighted by molar-refractivity contribution is 7.88. The third kappa shape index (κ3) is 4.49. The van der Waals surface area contributed by atoms with Gasteiger partial charge in [-0.15, -0.1) is 0 Å². The van der Waals surface area contributed by atoms with Gasteiger partial charge in [0.1, 0.15) is 0 Å². The molecule has 9 heteroatoms. The molecule has 142 valence electrons. The normalized spacial score (nSPS) is 11.9. The molecule has 0 radical (unpaired) electrons. The molecule has 0 bridgehead atoms. The summed E-state index contributed by atoms with van der Waals surface area (Å²) in [7, 11) is -2.07. The number of amides is 1. The topological polar surface area (TPSA) is 83.5 Å². The first-order chi connectivity index (χ1) is 12.8. The smallest absolute Gasteiger partial charge is 0.244 e. The van der Waals surface area contributed by atoms with Gasteiger partial charge in [-0.05, 0) is 30.2 Å². The molecule has 1 aromatic carbocycles. The molecular weight excluding hydrogens is 384 g/mol. The van der Waals surface area contributed by atoms with Crippen LogP contribution in [0.1, 0.15) is 11.1 Å². The lowest BCUT2D eigenvalue weighted by Crippen LogP contribution is -2.40. The van der Waals surface area contributed by atoms with E-state index in [4.69, 9.17) is 0 Å². The van der Waals surface area contributed by atoms with E-state index in [0.717, 1.165) is 31.9 Å². The van der Waals surface area contributed by atoms with Gasteiger partial charge in [0.05, 0.1) is 29.6 Å². The minimum atomic E-state index is -3.46. The number of carbonyl (C=O) groups is 1. The summed E-state index contributed by atoms with van der Waals surface area (Å²) in [6, 6.07) is 9.54. The van der Waals surface area contributed by atoms with Crippen molar-refractivity contribution in [1.29, 1.82) is 0 Å². The van der Waals surface area contributed by atoms with Crippen molar-refractivity contribution in [2.24, 2.45) is 0 Å². The second-order valence-corrected chi connectivity index (χ2v) is 9.38. The Bertz CT molecular complexity index is 1060. The number of benzene rings is 1. The molecular formula is C18H20N4O3S2. The molecule has 2 aromatic heterocycles. The highest BCUT2D eigenvalue weighted by atomic mass is 32.2. The van der Waals surface area contributed by atoms with Gasteiger partial charge in [-0.3, -0.25) is 14.7 Å². The molecule has 2 heterocycles. The fraction of sp³-hybridized carbons (Fsp3) is 0.278. The summed E-state index contributed by atoms with van der Waals surface area (Å²) in [5, 5.41) is 0.537. The summed E-state index contributed by atoms with van der Waals surface area (Å²) in [4.78, 5) is 23.2. The number of nitrogens with zero attached hydrogens (tertiary/aromatic N) is 4. The maximum Gasteiger partial charge on any atom is 0.244 e. The van der Waals surface area contributed by atoms with Crippen LogP contribution in [-0.2, 0) is 21.4 Å². The Balaban J connectivity index is 1.98. The van der Waals surface area contributed by atoms with E-state index < -0.39 is 10.0 Å². The van der Waals surface area contributed by atoms with Crippen LogP contribution >= 0.6 is 11.3 Å². The molecule has 3 aromatic rings. The molecule has 0 fully saturated rings. The SMILES string of the molecule is Cc1cccc2sc(N(Cc3cccnc3)C(=O)CN(C)S(C)(=O)=O)nc12. The molecule has 0 N–H and O–H groups in total. The number of thiazole rings is 1. The second kappa shape index (κ2) is 7.71. The van der Waals surface area contributed by atoms with Gasteiger partial charge in [-0.2, -0.15) is 4.31 Å². The Morgan fingerprint density at radius 2 is 2.00 bits per heavy atom. The van der Waals surface area contributed by atoms with Crippen LogP contribution < -0.4 is 4.90 Å². The molecule has 0 saturated heterocycles. The number of likely N-dealkylation sites (N-methyl/N-ethyl adjacent to an activating group) is 1. The van der Waals surface area contributed by atoms with Gasteiger partial charge >= 0.3 is 0 Å². The van der Waals surface area contributed by atoms with Crippen LogP contribution in [-0.4, -0.2) is 48.4 Å². The molecule has 3 rings (SSSR count). The monoisotopic (exact) mass is 404 g/mol. The van der Waals surface area contributed by atoms with Crippen molar-refractivity contribution in [3.8, 4) is 0 Å². The van der Waals surface area contributed by atoms with Crippen LogP contribution in [0, 0.1) is 6.92 Å². The van der Waals surface area contributed by atoms with Gasteiger partial charge in [0, 0.05) is 19.4 Å². The first kappa shape index (κ1) is 19.4. The quantitative estimate of drug-likeness (QED) is 0.630. The Morgan fingerprint density at radius 1 is 1.22 bits per heavy atom. The fourth-order valence-electron chi connectivity index (χ4n) is 2.52. The van der Waals surface area contributed by atoms with Gasteiger partial charge in [-0.1, -0.05) is 29.5 Å². The number of rotatable bonds is 6. The van der Waals surface area contributed by atoms with Gasteiger partial charge in [0.25, 0.3) is 0 Å². The number of aryl methyl sites for hydroxylation is 1. The zero-order valence-corrected chi connectivity index (χ0v) is 16.9. The van der Waals surface area contributed by atoms with Crippen LogP contribution in [0.4, 0.5) is 5.13 Å². The van der Waals surface area contributed by atoms with Crippen molar-refractivity contribution in [1.82, 2.24) is 14.3 Å². The first-order valence-electron chi connectivity index (χ1n) is 8.22. The number of carbonyl (C=O) groups excluding carboxylic acids is 1. The third-order valence-corrected chi connectivity index (χ3v) is 6.43. The van der Waals surface area contributed by atoms with Gasteiger partial charge in [-0.25, -0.2) is 13.4 Å². The highest BCUT2D eigenvalue weighted by Crippen LogP contribution is 2.31. The standard InChI is InChI=1S/C18H20N4O3S2/c1-13-6-4-8-15-17(13)20-18(26-15)22(11-14-7-5-9-19-10-14)16(23)12-21(2)27(3,24)25/h4-10H,11-12H2,1-3H3. The average molecular weight is 405 g/mol. The summed E-state index contributed by atoms with van der Waals surface area (Å²) in [6.07, 6.45) is 4.42. The number of hydrogen-bond donors (Lipinski definition) is 0. The van der Waals surface area contributed by atoms with E-state index in [-0.39, 0.29) is 19.0 Å². The molecule has 0 saturated carbocycles. The van der Waals surface area contributed by atoms with Crippen molar-refractivity contribution in [3.05, 3.63) is 53.9 Å². The molecule has 0 aliphatic carbocycles. The lowest BCUT2D eigenvalue weighted by atomic mass is 10.2. The van der Waals surface area contributed by atoms with Crippen molar-refractivity contribution in [3.63, 3.8) is 0 Å². The molecule has 0 atom stereocenters. The number of para-hydroxylation sites is 1. The third-order valence-electron chi connectivity index (χ3n) is 4.13. The van der Waals surface area contributed by atoms with Crippen molar-refractivity contribution >= 4 is 42.6 Å². The number of sulfonamides is 1. The summed E-state index contributed by atoms with van der Waals surface area (Å²) < 4.78 is 25.4. The molecule has 0 aliphatic rings.